The zero-order valence-corrected chi connectivity index (χ0v) is 14.2. The van der Waals surface area contributed by atoms with Gasteiger partial charge in [-0.05, 0) is 49.5 Å². The quantitative estimate of drug-likeness (QED) is 0.831. The van der Waals surface area contributed by atoms with Crippen LogP contribution < -0.4 is 0 Å². The maximum atomic E-state index is 2.65. The molecule has 2 fully saturated rings. The minimum atomic E-state index is 0.967. The topological polar surface area (TPSA) is 6.48 Å². The van der Waals surface area contributed by atoms with Crippen LogP contribution in [0.25, 0.3) is 10.4 Å². The first kappa shape index (κ1) is 14.4. The molecule has 2 aromatic rings. The molecule has 1 aromatic carbocycles. The molecular formula is C19H24N2S. The van der Waals surface area contributed by atoms with E-state index in [2.05, 4.69) is 66.4 Å². The highest BCUT2D eigenvalue weighted by Crippen LogP contribution is 2.52. The van der Waals surface area contributed by atoms with Crippen LogP contribution in [0, 0.1) is 17.8 Å². The van der Waals surface area contributed by atoms with Crippen LogP contribution in [-0.2, 0) is 6.54 Å². The lowest BCUT2D eigenvalue weighted by Crippen LogP contribution is -2.26. The van der Waals surface area contributed by atoms with Gasteiger partial charge in [-0.25, -0.2) is 0 Å². The third-order valence-electron chi connectivity index (χ3n) is 5.12. The van der Waals surface area contributed by atoms with Gasteiger partial charge in [0, 0.05) is 35.9 Å². The van der Waals surface area contributed by atoms with E-state index in [0.29, 0.717) is 0 Å². The van der Waals surface area contributed by atoms with Crippen molar-refractivity contribution in [1.29, 1.82) is 0 Å². The molecule has 0 amide bonds. The Hall–Kier alpha value is -1.16. The first-order chi connectivity index (χ1) is 10.7. The minimum absolute atomic E-state index is 0.967. The Morgan fingerprint density at radius 1 is 1.05 bits per heavy atom. The van der Waals surface area contributed by atoms with Gasteiger partial charge in [0.2, 0.25) is 0 Å². The molecule has 0 bridgehead atoms. The fourth-order valence-corrected chi connectivity index (χ4v) is 5.05. The maximum absolute atomic E-state index is 2.65. The number of likely N-dealkylation sites (tertiary alicyclic amines) is 1. The smallest absolute Gasteiger partial charge is 0.0346 e. The summed E-state index contributed by atoms with van der Waals surface area (Å²) in [6, 6.07) is 15.3. The van der Waals surface area contributed by atoms with E-state index in [1.165, 1.54) is 35.0 Å². The van der Waals surface area contributed by atoms with E-state index in [1.807, 2.05) is 11.3 Å². The first-order valence-corrected chi connectivity index (χ1v) is 9.03. The third-order valence-corrected chi connectivity index (χ3v) is 6.24. The van der Waals surface area contributed by atoms with E-state index >= 15 is 0 Å². The van der Waals surface area contributed by atoms with Crippen molar-refractivity contribution >= 4 is 11.3 Å². The lowest BCUT2D eigenvalue weighted by atomic mass is 10.2. The molecule has 1 aliphatic carbocycles. The van der Waals surface area contributed by atoms with Crippen LogP contribution in [0.1, 0.15) is 4.88 Å². The Labute approximate surface area is 137 Å². The molecule has 3 heteroatoms. The van der Waals surface area contributed by atoms with E-state index in [9.17, 15) is 0 Å². The predicted molar refractivity (Wildman–Crippen MR) is 94.1 cm³/mol. The van der Waals surface area contributed by atoms with Gasteiger partial charge in [-0.15, -0.1) is 11.3 Å². The van der Waals surface area contributed by atoms with E-state index in [1.54, 1.807) is 0 Å². The molecule has 1 unspecified atom stereocenters. The molecule has 1 saturated carbocycles. The van der Waals surface area contributed by atoms with Gasteiger partial charge in [0.25, 0.3) is 0 Å². The van der Waals surface area contributed by atoms with Crippen LogP contribution in [0.2, 0.25) is 0 Å². The Morgan fingerprint density at radius 2 is 1.77 bits per heavy atom. The molecule has 3 atom stereocenters. The van der Waals surface area contributed by atoms with Crippen molar-refractivity contribution in [3.8, 4) is 10.4 Å². The molecular weight excluding hydrogens is 288 g/mol. The maximum Gasteiger partial charge on any atom is 0.0346 e. The first-order valence-electron chi connectivity index (χ1n) is 8.22. The molecule has 1 aliphatic heterocycles. The van der Waals surface area contributed by atoms with Crippen molar-refractivity contribution in [3.05, 3.63) is 47.3 Å². The highest BCUT2D eigenvalue weighted by molar-refractivity contribution is 7.15. The Balaban J connectivity index is 1.34. The summed E-state index contributed by atoms with van der Waals surface area (Å²) in [6.07, 6.45) is 0. The molecule has 2 heterocycles. The van der Waals surface area contributed by atoms with Gasteiger partial charge in [0.05, 0.1) is 0 Å². The van der Waals surface area contributed by atoms with Gasteiger partial charge in [0.1, 0.15) is 0 Å². The molecule has 0 N–H and O–H groups in total. The summed E-state index contributed by atoms with van der Waals surface area (Å²) < 4.78 is 0. The third kappa shape index (κ3) is 2.85. The van der Waals surface area contributed by atoms with Gasteiger partial charge in [-0.3, -0.25) is 4.90 Å². The molecule has 0 radical (unpaired) electrons. The van der Waals surface area contributed by atoms with Crippen molar-refractivity contribution in [3.63, 3.8) is 0 Å². The van der Waals surface area contributed by atoms with Crippen LogP contribution in [-0.4, -0.2) is 43.5 Å². The standard InChI is InChI=1S/C19H24N2S/c1-20(2)11-16-17-12-21(13-18(16)17)10-15-8-9-19(22-15)14-6-4-3-5-7-14/h3-9,16-18H,10-13H2,1-2H3/t16?,17-,18+. The van der Waals surface area contributed by atoms with Gasteiger partial charge < -0.3 is 4.90 Å². The van der Waals surface area contributed by atoms with Crippen molar-refractivity contribution in [1.82, 2.24) is 9.80 Å². The van der Waals surface area contributed by atoms with Gasteiger partial charge >= 0.3 is 0 Å². The van der Waals surface area contributed by atoms with Gasteiger partial charge in [-0.1, -0.05) is 30.3 Å². The van der Waals surface area contributed by atoms with E-state index < -0.39 is 0 Å². The van der Waals surface area contributed by atoms with Gasteiger partial charge in [-0.2, -0.15) is 0 Å². The lowest BCUT2D eigenvalue weighted by molar-refractivity contribution is 0.259. The molecule has 116 valence electrons. The zero-order chi connectivity index (χ0) is 15.1. The number of rotatable bonds is 5. The number of piperidine rings is 1. The van der Waals surface area contributed by atoms with Crippen molar-refractivity contribution < 1.29 is 0 Å². The van der Waals surface area contributed by atoms with Crippen LogP contribution in [0.5, 0.6) is 0 Å². The lowest BCUT2D eigenvalue weighted by Gasteiger charge is -2.19. The van der Waals surface area contributed by atoms with Crippen LogP contribution >= 0.6 is 11.3 Å². The van der Waals surface area contributed by atoms with E-state index in [0.717, 1.165) is 24.3 Å². The van der Waals surface area contributed by atoms with Gasteiger partial charge in [0.15, 0.2) is 0 Å². The number of benzene rings is 1. The van der Waals surface area contributed by atoms with E-state index in [4.69, 9.17) is 0 Å². The van der Waals surface area contributed by atoms with Crippen molar-refractivity contribution in [2.45, 2.75) is 6.54 Å². The molecule has 1 aromatic heterocycles. The SMILES string of the molecule is CN(C)CC1[C@H]2CN(Cc3ccc(-c4ccccc4)s3)C[C@@H]12. The normalized spacial score (nSPS) is 27.3. The largest absolute Gasteiger partial charge is 0.309 e. The monoisotopic (exact) mass is 312 g/mol. The summed E-state index contributed by atoms with van der Waals surface area (Å²) in [4.78, 5) is 7.90. The number of fused-ring (bicyclic) bond motifs is 1. The fourth-order valence-electron chi connectivity index (χ4n) is 4.00. The van der Waals surface area contributed by atoms with Crippen molar-refractivity contribution in [2.24, 2.45) is 17.8 Å². The average Bonchev–Trinajstić information content (AvgIpc) is 2.91. The highest BCUT2D eigenvalue weighted by atomic mass is 32.1. The summed E-state index contributed by atoms with van der Waals surface area (Å²) in [5, 5.41) is 0. The summed E-state index contributed by atoms with van der Waals surface area (Å²) in [6.45, 7) is 5.03. The van der Waals surface area contributed by atoms with Crippen LogP contribution in [0.4, 0.5) is 0 Å². The predicted octanol–water partition coefficient (Wildman–Crippen LogP) is 3.65. The number of thiophene rings is 1. The second-order valence-corrected chi connectivity index (χ2v) is 8.25. The molecule has 2 nitrogen and oxygen atoms in total. The second-order valence-electron chi connectivity index (χ2n) is 7.08. The number of hydrogen-bond donors (Lipinski definition) is 0. The highest BCUT2D eigenvalue weighted by Gasteiger charge is 2.55. The summed E-state index contributed by atoms with van der Waals surface area (Å²) >= 11 is 1.95. The average molecular weight is 312 g/mol. The number of hydrogen-bond acceptors (Lipinski definition) is 3. The Kier molecular flexibility index (Phi) is 3.81. The number of nitrogens with zero attached hydrogens (tertiary/aromatic N) is 2. The molecule has 1 saturated heterocycles. The van der Waals surface area contributed by atoms with Crippen LogP contribution in [0.3, 0.4) is 0 Å². The molecule has 2 aliphatic rings. The Morgan fingerprint density at radius 3 is 2.45 bits per heavy atom. The zero-order valence-electron chi connectivity index (χ0n) is 13.4. The summed E-state index contributed by atoms with van der Waals surface area (Å²) in [7, 11) is 4.39. The molecule has 22 heavy (non-hydrogen) atoms. The van der Waals surface area contributed by atoms with E-state index in [-0.39, 0.29) is 0 Å². The molecule has 4 rings (SSSR count). The van der Waals surface area contributed by atoms with Crippen molar-refractivity contribution in [2.75, 3.05) is 33.7 Å². The molecule has 0 spiro atoms. The minimum Gasteiger partial charge on any atom is -0.309 e. The summed E-state index contributed by atoms with van der Waals surface area (Å²) in [5.41, 5.74) is 1.34. The second kappa shape index (κ2) is 5.80. The Bertz CT molecular complexity index is 622. The van der Waals surface area contributed by atoms with Crippen LogP contribution in [0.15, 0.2) is 42.5 Å². The fraction of sp³-hybridized carbons (Fsp3) is 0.474. The summed E-state index contributed by atoms with van der Waals surface area (Å²) in [5.74, 6) is 2.90.